The fourth-order valence-corrected chi connectivity index (χ4v) is 3.08. The molecule has 2 unspecified atom stereocenters. The molecule has 86 valence electrons. The molecule has 2 N–H and O–H groups in total. The van der Waals surface area contributed by atoms with Crippen LogP contribution in [0.5, 0.6) is 5.75 Å². The highest BCUT2D eigenvalue weighted by Crippen LogP contribution is 2.41. The molecule has 3 nitrogen and oxygen atoms in total. The van der Waals surface area contributed by atoms with Gasteiger partial charge in [-0.15, -0.1) is 0 Å². The van der Waals surface area contributed by atoms with Gasteiger partial charge in [0, 0.05) is 18.6 Å². The topological polar surface area (TPSA) is 38.5 Å². The van der Waals surface area contributed by atoms with Gasteiger partial charge in [-0.3, -0.25) is 0 Å². The third-order valence-electron chi connectivity index (χ3n) is 3.78. The molecular weight excluding hydrogens is 200 g/mol. The largest absolute Gasteiger partial charge is 0.495 e. The van der Waals surface area contributed by atoms with Gasteiger partial charge in [0.15, 0.2) is 0 Å². The summed E-state index contributed by atoms with van der Waals surface area (Å²) >= 11 is 0. The lowest BCUT2D eigenvalue weighted by molar-refractivity contribution is 0.411. The number of para-hydroxylation sites is 1. The van der Waals surface area contributed by atoms with Crippen LogP contribution < -0.4 is 15.4 Å². The first-order valence-corrected chi connectivity index (χ1v) is 5.97. The van der Waals surface area contributed by atoms with Crippen LogP contribution in [-0.4, -0.2) is 25.7 Å². The Morgan fingerprint density at radius 1 is 1.44 bits per heavy atom. The molecule has 1 saturated heterocycles. The average molecular weight is 218 g/mol. The van der Waals surface area contributed by atoms with Gasteiger partial charge in [-0.25, -0.2) is 0 Å². The van der Waals surface area contributed by atoms with Gasteiger partial charge < -0.3 is 15.4 Å². The van der Waals surface area contributed by atoms with Crippen LogP contribution in [-0.2, 0) is 6.42 Å². The molecule has 0 saturated carbocycles. The van der Waals surface area contributed by atoms with Gasteiger partial charge in [-0.2, -0.15) is 0 Å². The molecule has 3 heteroatoms. The van der Waals surface area contributed by atoms with Crippen molar-refractivity contribution in [1.82, 2.24) is 0 Å². The molecule has 0 aliphatic carbocycles. The van der Waals surface area contributed by atoms with E-state index in [0.717, 1.165) is 25.1 Å². The van der Waals surface area contributed by atoms with Gasteiger partial charge in [0.05, 0.1) is 12.8 Å². The Morgan fingerprint density at radius 2 is 2.31 bits per heavy atom. The summed E-state index contributed by atoms with van der Waals surface area (Å²) in [5.41, 5.74) is 8.75. The first-order chi connectivity index (χ1) is 7.79. The molecule has 0 aromatic heterocycles. The van der Waals surface area contributed by atoms with E-state index in [1.54, 1.807) is 7.11 Å². The first kappa shape index (κ1) is 9.97. The molecule has 2 aliphatic rings. The zero-order valence-electron chi connectivity index (χ0n) is 9.65. The van der Waals surface area contributed by atoms with Crippen molar-refractivity contribution < 1.29 is 4.74 Å². The SMILES string of the molecule is COc1cccc2c1N1CC(N)CC1CC2. The molecule has 0 radical (unpaired) electrons. The number of methoxy groups -OCH3 is 1. The minimum Gasteiger partial charge on any atom is -0.495 e. The molecule has 2 atom stereocenters. The standard InChI is InChI=1S/C13H18N2O/c1-16-12-4-2-3-9-5-6-11-7-10(14)8-15(11)13(9)12/h2-4,10-11H,5-8,14H2,1H3. The van der Waals surface area contributed by atoms with E-state index in [9.17, 15) is 0 Å². The lowest BCUT2D eigenvalue weighted by atomic mass is 9.96. The highest BCUT2D eigenvalue weighted by molar-refractivity contribution is 5.66. The van der Waals surface area contributed by atoms with Crippen LogP contribution in [0.2, 0.25) is 0 Å². The molecule has 0 amide bonds. The van der Waals surface area contributed by atoms with Crippen molar-refractivity contribution in [1.29, 1.82) is 0 Å². The third-order valence-corrected chi connectivity index (χ3v) is 3.78. The minimum atomic E-state index is 0.320. The number of fused-ring (bicyclic) bond motifs is 3. The number of hydrogen-bond acceptors (Lipinski definition) is 3. The Balaban J connectivity index is 2.06. The summed E-state index contributed by atoms with van der Waals surface area (Å²) in [6.07, 6.45) is 3.51. The fraction of sp³-hybridized carbons (Fsp3) is 0.538. The van der Waals surface area contributed by atoms with Crippen molar-refractivity contribution in [2.24, 2.45) is 5.73 Å². The normalized spacial score (nSPS) is 27.5. The average Bonchev–Trinajstić information content (AvgIpc) is 2.68. The zero-order valence-corrected chi connectivity index (χ0v) is 9.65. The van der Waals surface area contributed by atoms with E-state index in [-0.39, 0.29) is 0 Å². The van der Waals surface area contributed by atoms with Crippen molar-refractivity contribution in [3.8, 4) is 5.75 Å². The van der Waals surface area contributed by atoms with E-state index in [0.29, 0.717) is 12.1 Å². The molecule has 1 aromatic rings. The van der Waals surface area contributed by atoms with Crippen molar-refractivity contribution in [3.05, 3.63) is 23.8 Å². The second-order valence-electron chi connectivity index (χ2n) is 4.81. The number of hydrogen-bond donors (Lipinski definition) is 1. The lowest BCUT2D eigenvalue weighted by Gasteiger charge is -2.34. The number of rotatable bonds is 1. The van der Waals surface area contributed by atoms with Gasteiger partial charge >= 0.3 is 0 Å². The molecule has 2 aliphatic heterocycles. The maximum absolute atomic E-state index is 6.06. The summed E-state index contributed by atoms with van der Waals surface area (Å²) < 4.78 is 5.47. The summed E-state index contributed by atoms with van der Waals surface area (Å²) in [5, 5.41) is 0. The summed E-state index contributed by atoms with van der Waals surface area (Å²) in [4.78, 5) is 2.45. The third kappa shape index (κ3) is 1.39. The number of nitrogens with two attached hydrogens (primary N) is 1. The van der Waals surface area contributed by atoms with E-state index in [2.05, 4.69) is 17.0 Å². The van der Waals surface area contributed by atoms with Gasteiger partial charge in [0.25, 0.3) is 0 Å². The number of anilines is 1. The molecule has 0 bridgehead atoms. The van der Waals surface area contributed by atoms with E-state index in [4.69, 9.17) is 10.5 Å². The van der Waals surface area contributed by atoms with Gasteiger partial charge in [0.2, 0.25) is 0 Å². The Morgan fingerprint density at radius 3 is 3.12 bits per heavy atom. The first-order valence-electron chi connectivity index (χ1n) is 5.97. The number of aryl methyl sites for hydroxylation is 1. The van der Waals surface area contributed by atoms with Gasteiger partial charge in [0.1, 0.15) is 5.75 Å². The lowest BCUT2D eigenvalue weighted by Crippen LogP contribution is -2.35. The van der Waals surface area contributed by atoms with Crippen LogP contribution >= 0.6 is 0 Å². The Labute approximate surface area is 96.2 Å². The van der Waals surface area contributed by atoms with E-state index in [1.807, 2.05) is 6.07 Å². The molecule has 1 fully saturated rings. The van der Waals surface area contributed by atoms with Crippen LogP contribution in [0, 0.1) is 0 Å². The van der Waals surface area contributed by atoms with Crippen molar-refractivity contribution in [2.75, 3.05) is 18.6 Å². The predicted octanol–water partition coefficient (Wildman–Crippen LogP) is 1.55. The summed E-state index contributed by atoms with van der Waals surface area (Å²) in [7, 11) is 1.75. The Bertz CT molecular complexity index is 391. The molecule has 0 spiro atoms. The van der Waals surface area contributed by atoms with Crippen molar-refractivity contribution >= 4 is 5.69 Å². The second kappa shape index (κ2) is 3.67. The van der Waals surface area contributed by atoms with Crippen LogP contribution in [0.1, 0.15) is 18.4 Å². The quantitative estimate of drug-likeness (QED) is 0.777. The van der Waals surface area contributed by atoms with Crippen LogP contribution in [0.25, 0.3) is 0 Å². The zero-order chi connectivity index (χ0) is 11.1. The van der Waals surface area contributed by atoms with Crippen LogP contribution in [0.4, 0.5) is 5.69 Å². The number of nitrogens with zero attached hydrogens (tertiary/aromatic N) is 1. The monoisotopic (exact) mass is 218 g/mol. The fourth-order valence-electron chi connectivity index (χ4n) is 3.08. The molecule has 1 aromatic carbocycles. The number of ether oxygens (including phenoxy) is 1. The van der Waals surface area contributed by atoms with Gasteiger partial charge in [-0.1, -0.05) is 12.1 Å². The summed E-state index contributed by atoms with van der Waals surface area (Å²) in [5.74, 6) is 0.997. The van der Waals surface area contributed by atoms with Crippen LogP contribution in [0.15, 0.2) is 18.2 Å². The van der Waals surface area contributed by atoms with Gasteiger partial charge in [-0.05, 0) is 30.9 Å². The second-order valence-corrected chi connectivity index (χ2v) is 4.81. The summed E-state index contributed by atoms with van der Waals surface area (Å²) in [6.45, 7) is 0.970. The molecule has 2 heterocycles. The number of benzene rings is 1. The minimum absolute atomic E-state index is 0.320. The van der Waals surface area contributed by atoms with Crippen molar-refractivity contribution in [2.45, 2.75) is 31.3 Å². The highest BCUT2D eigenvalue weighted by Gasteiger charge is 2.35. The van der Waals surface area contributed by atoms with E-state index in [1.165, 1.54) is 17.7 Å². The maximum Gasteiger partial charge on any atom is 0.142 e. The maximum atomic E-state index is 6.06. The van der Waals surface area contributed by atoms with E-state index < -0.39 is 0 Å². The highest BCUT2D eigenvalue weighted by atomic mass is 16.5. The molecule has 3 rings (SSSR count). The van der Waals surface area contributed by atoms with E-state index >= 15 is 0 Å². The van der Waals surface area contributed by atoms with Crippen molar-refractivity contribution in [3.63, 3.8) is 0 Å². The molecular formula is C13H18N2O. The Kier molecular flexibility index (Phi) is 2.28. The Hall–Kier alpha value is -1.22. The predicted molar refractivity (Wildman–Crippen MR) is 65.0 cm³/mol. The molecule has 16 heavy (non-hydrogen) atoms. The smallest absolute Gasteiger partial charge is 0.142 e. The summed E-state index contributed by atoms with van der Waals surface area (Å²) in [6, 6.07) is 7.27. The van der Waals surface area contributed by atoms with Crippen LogP contribution in [0.3, 0.4) is 0 Å².